The highest BCUT2D eigenvalue weighted by Crippen LogP contribution is 2.72. The molecule has 0 aromatic heterocycles. The van der Waals surface area contributed by atoms with Crippen LogP contribution in [0.15, 0.2) is 0 Å². The first-order chi connectivity index (χ1) is 4.79. The van der Waals surface area contributed by atoms with Gasteiger partial charge in [0.25, 0.3) is 0 Å². The fraction of sp³-hybridized carbons (Fsp3) is 1.00. The minimum Gasteiger partial charge on any atom is -0.396 e. The Labute approximate surface area is 61.4 Å². The van der Waals surface area contributed by atoms with E-state index in [-0.39, 0.29) is 5.41 Å². The van der Waals surface area contributed by atoms with Gasteiger partial charge in [-0.05, 0) is 31.2 Å². The second-order valence-corrected chi connectivity index (χ2v) is 3.95. The van der Waals surface area contributed by atoms with Crippen LogP contribution in [0.1, 0.15) is 25.7 Å². The molecule has 0 saturated heterocycles. The quantitative estimate of drug-likeness (QED) is 0.588. The van der Waals surface area contributed by atoms with E-state index in [0.29, 0.717) is 12.0 Å². The van der Waals surface area contributed by atoms with Crippen molar-refractivity contribution >= 4 is 0 Å². The maximum atomic E-state index is 9.11. The summed E-state index contributed by atoms with van der Waals surface area (Å²) in [6.07, 6.45) is 4.93. The van der Waals surface area contributed by atoms with Crippen LogP contribution in [-0.2, 0) is 0 Å². The minimum absolute atomic E-state index is 0.280. The smallest absolute Gasteiger partial charge is 0.0493 e. The number of aliphatic hydroxyl groups is 1. The van der Waals surface area contributed by atoms with Crippen molar-refractivity contribution in [2.45, 2.75) is 25.7 Å². The molecule has 2 rings (SSSR count). The maximum Gasteiger partial charge on any atom is 0.0493 e. The van der Waals surface area contributed by atoms with Crippen molar-refractivity contribution in [2.24, 2.45) is 16.6 Å². The summed E-state index contributed by atoms with van der Waals surface area (Å²) in [6, 6.07) is 0. The molecule has 0 radical (unpaired) electrons. The van der Waals surface area contributed by atoms with Crippen molar-refractivity contribution in [1.82, 2.24) is 0 Å². The van der Waals surface area contributed by atoms with Crippen molar-refractivity contribution in [1.29, 1.82) is 0 Å². The molecule has 0 spiro atoms. The zero-order chi connectivity index (χ0) is 7.24. The fourth-order valence-electron chi connectivity index (χ4n) is 2.77. The fourth-order valence-corrected chi connectivity index (χ4v) is 2.77. The predicted octanol–water partition coefficient (Wildman–Crippen LogP) is 0.498. The third-order valence-corrected chi connectivity index (χ3v) is 3.68. The molecule has 0 aliphatic heterocycles. The van der Waals surface area contributed by atoms with E-state index in [4.69, 9.17) is 10.8 Å². The SMILES string of the molecule is NCC12CCCC1(CO)C2. The molecule has 0 amide bonds. The lowest BCUT2D eigenvalue weighted by Gasteiger charge is -2.12. The molecule has 2 heteroatoms. The van der Waals surface area contributed by atoms with Crippen molar-refractivity contribution in [3.63, 3.8) is 0 Å². The van der Waals surface area contributed by atoms with Crippen molar-refractivity contribution in [2.75, 3.05) is 13.2 Å². The lowest BCUT2D eigenvalue weighted by Crippen LogP contribution is -2.20. The first kappa shape index (κ1) is 6.62. The average Bonchev–Trinajstić information content (AvgIpc) is 2.51. The van der Waals surface area contributed by atoms with Gasteiger partial charge in [0.05, 0.1) is 0 Å². The van der Waals surface area contributed by atoms with Crippen LogP contribution in [0.5, 0.6) is 0 Å². The summed E-state index contributed by atoms with van der Waals surface area (Å²) in [7, 11) is 0. The molecule has 2 nitrogen and oxygen atoms in total. The molecule has 2 aliphatic rings. The summed E-state index contributed by atoms with van der Waals surface area (Å²) >= 11 is 0. The van der Waals surface area contributed by atoms with Gasteiger partial charge in [-0.2, -0.15) is 0 Å². The van der Waals surface area contributed by atoms with E-state index in [2.05, 4.69) is 0 Å². The van der Waals surface area contributed by atoms with E-state index in [1.165, 1.54) is 25.7 Å². The van der Waals surface area contributed by atoms with Crippen molar-refractivity contribution in [3.05, 3.63) is 0 Å². The van der Waals surface area contributed by atoms with Crippen LogP contribution in [-0.4, -0.2) is 18.3 Å². The standard InChI is InChI=1S/C8H15NO/c9-5-7-2-1-3-8(7,4-7)6-10/h10H,1-6,9H2. The van der Waals surface area contributed by atoms with Gasteiger partial charge in [-0.1, -0.05) is 6.42 Å². The Kier molecular flexibility index (Phi) is 1.15. The molecule has 3 N–H and O–H groups in total. The monoisotopic (exact) mass is 141 g/mol. The zero-order valence-corrected chi connectivity index (χ0v) is 6.27. The topological polar surface area (TPSA) is 46.2 Å². The third-order valence-electron chi connectivity index (χ3n) is 3.68. The van der Waals surface area contributed by atoms with Gasteiger partial charge in [0.2, 0.25) is 0 Å². The van der Waals surface area contributed by atoms with Gasteiger partial charge in [-0.25, -0.2) is 0 Å². The van der Waals surface area contributed by atoms with E-state index >= 15 is 0 Å². The number of fused-ring (bicyclic) bond motifs is 1. The van der Waals surface area contributed by atoms with Crippen LogP contribution in [0.4, 0.5) is 0 Å². The predicted molar refractivity (Wildman–Crippen MR) is 39.5 cm³/mol. The Hall–Kier alpha value is -0.0800. The number of nitrogens with two attached hydrogens (primary N) is 1. The first-order valence-electron chi connectivity index (χ1n) is 4.10. The molecule has 2 aliphatic carbocycles. The highest BCUT2D eigenvalue weighted by Gasteiger charge is 2.67. The molecular formula is C8H15NO. The summed E-state index contributed by atoms with van der Waals surface area (Å²) in [4.78, 5) is 0. The van der Waals surface area contributed by atoms with Gasteiger partial charge in [0.15, 0.2) is 0 Å². The molecular weight excluding hydrogens is 126 g/mol. The van der Waals surface area contributed by atoms with Gasteiger partial charge in [-0.3, -0.25) is 0 Å². The lowest BCUT2D eigenvalue weighted by molar-refractivity contribution is 0.188. The highest BCUT2D eigenvalue weighted by molar-refractivity contribution is 5.18. The zero-order valence-electron chi connectivity index (χ0n) is 6.27. The van der Waals surface area contributed by atoms with E-state index in [1.807, 2.05) is 0 Å². The van der Waals surface area contributed by atoms with Gasteiger partial charge in [0, 0.05) is 12.0 Å². The Morgan fingerprint density at radius 2 is 2.00 bits per heavy atom. The second kappa shape index (κ2) is 1.74. The molecule has 2 atom stereocenters. The normalized spacial score (nSPS) is 51.0. The van der Waals surface area contributed by atoms with Gasteiger partial charge in [0.1, 0.15) is 0 Å². The summed E-state index contributed by atoms with van der Waals surface area (Å²) < 4.78 is 0. The molecule has 0 aromatic rings. The van der Waals surface area contributed by atoms with Crippen molar-refractivity contribution < 1.29 is 5.11 Å². The molecule has 58 valence electrons. The van der Waals surface area contributed by atoms with Crippen LogP contribution >= 0.6 is 0 Å². The Bertz CT molecular complexity index is 143. The summed E-state index contributed by atoms with van der Waals surface area (Å²) in [5.41, 5.74) is 6.32. The molecule has 2 saturated carbocycles. The molecule has 2 fully saturated rings. The Morgan fingerprint density at radius 3 is 2.40 bits per heavy atom. The summed E-state index contributed by atoms with van der Waals surface area (Å²) in [5, 5.41) is 9.11. The summed E-state index contributed by atoms with van der Waals surface area (Å²) in [6.45, 7) is 1.15. The second-order valence-electron chi connectivity index (χ2n) is 3.95. The van der Waals surface area contributed by atoms with Gasteiger partial charge < -0.3 is 10.8 Å². The van der Waals surface area contributed by atoms with Crippen LogP contribution in [0, 0.1) is 10.8 Å². The van der Waals surface area contributed by atoms with E-state index in [9.17, 15) is 0 Å². The van der Waals surface area contributed by atoms with E-state index in [1.54, 1.807) is 0 Å². The maximum absolute atomic E-state index is 9.11. The van der Waals surface area contributed by atoms with E-state index < -0.39 is 0 Å². The highest BCUT2D eigenvalue weighted by atomic mass is 16.3. The van der Waals surface area contributed by atoms with Crippen LogP contribution in [0.25, 0.3) is 0 Å². The molecule has 10 heavy (non-hydrogen) atoms. The Balaban J connectivity index is 2.15. The van der Waals surface area contributed by atoms with Crippen LogP contribution in [0.3, 0.4) is 0 Å². The molecule has 0 heterocycles. The average molecular weight is 141 g/mol. The molecule has 0 aromatic carbocycles. The van der Waals surface area contributed by atoms with Crippen LogP contribution in [0.2, 0.25) is 0 Å². The number of hydrogen-bond acceptors (Lipinski definition) is 2. The first-order valence-corrected chi connectivity index (χ1v) is 4.10. The largest absolute Gasteiger partial charge is 0.396 e. The molecule has 2 unspecified atom stereocenters. The van der Waals surface area contributed by atoms with Gasteiger partial charge >= 0.3 is 0 Å². The van der Waals surface area contributed by atoms with E-state index in [0.717, 1.165) is 6.54 Å². The summed E-state index contributed by atoms with van der Waals surface area (Å²) in [5.74, 6) is 0. The van der Waals surface area contributed by atoms with Crippen LogP contribution < -0.4 is 5.73 Å². The van der Waals surface area contributed by atoms with Gasteiger partial charge in [-0.15, -0.1) is 0 Å². The minimum atomic E-state index is 0.280. The Morgan fingerprint density at radius 1 is 1.30 bits per heavy atom. The lowest BCUT2D eigenvalue weighted by atomic mass is 9.97. The number of hydrogen-bond donors (Lipinski definition) is 2. The molecule has 0 bridgehead atoms. The third kappa shape index (κ3) is 0.523. The van der Waals surface area contributed by atoms with Crippen molar-refractivity contribution in [3.8, 4) is 0 Å². The number of rotatable bonds is 2. The number of aliphatic hydroxyl groups excluding tert-OH is 1.